The number of nitrogens with two attached hydrogens (primary N) is 2. The van der Waals surface area contributed by atoms with Crippen molar-refractivity contribution in [3.8, 4) is 0 Å². The molecular weight excluding hydrogens is 662 g/mol. The zero-order valence-electron chi connectivity index (χ0n) is 30.9. The third-order valence-corrected chi connectivity index (χ3v) is 9.58. The Labute approximate surface area is 308 Å². The van der Waals surface area contributed by atoms with Crippen molar-refractivity contribution in [2.45, 2.75) is 102 Å². The molecule has 0 radical (unpaired) electrons. The number of carbonyl (C=O) groups is 5. The van der Waals surface area contributed by atoms with Gasteiger partial charge in [-0.3, -0.25) is 24.0 Å². The van der Waals surface area contributed by atoms with Crippen LogP contribution in [0.3, 0.4) is 0 Å². The maximum Gasteiger partial charge on any atom is 0.323 e. The van der Waals surface area contributed by atoms with Crippen molar-refractivity contribution < 1.29 is 29.1 Å². The Morgan fingerprint density at radius 1 is 0.808 bits per heavy atom. The van der Waals surface area contributed by atoms with Crippen LogP contribution in [0.5, 0.6) is 0 Å². The number of aliphatic carboxylic acids is 1. The number of carboxylic acids is 1. The van der Waals surface area contributed by atoms with E-state index in [2.05, 4.69) is 28.2 Å². The average Bonchev–Trinajstić information content (AvgIpc) is 3.12. The second kappa shape index (κ2) is 21.3. The van der Waals surface area contributed by atoms with Gasteiger partial charge >= 0.3 is 5.97 Å². The van der Waals surface area contributed by atoms with E-state index in [4.69, 9.17) is 11.5 Å². The van der Waals surface area contributed by atoms with Crippen LogP contribution in [0.4, 0.5) is 0 Å². The van der Waals surface area contributed by atoms with E-state index in [9.17, 15) is 29.1 Å². The number of hydrogen-bond acceptors (Lipinski definition) is 8. The standard InChI is InChI=1S/C39H59N7O6/c1-27(2)23-32(35(48)44-31(17-11-6-12-20-40)37(50)46-21-18-39(41,19-22-46)38(51)52)45-36(49)33(24-29-13-7-4-8-14-29)43-34(47)26-42-25-28(3)30-15-9-5-10-16-30/h4-5,7-10,13-16,27-28,31-33,42H,6,11-12,17-26,40-41H2,1-3H3,(H,43,47)(H,44,48)(H,45,49)(H,51,52)/t28-,31+,32+,33+/m0/s1. The number of benzene rings is 2. The fourth-order valence-electron chi connectivity index (χ4n) is 6.34. The molecule has 3 rings (SSSR count). The van der Waals surface area contributed by atoms with Gasteiger partial charge < -0.3 is 42.7 Å². The van der Waals surface area contributed by atoms with Crippen molar-refractivity contribution in [3.05, 3.63) is 71.8 Å². The van der Waals surface area contributed by atoms with Crippen LogP contribution < -0.4 is 32.7 Å². The number of likely N-dealkylation sites (tertiary alicyclic amines) is 1. The molecule has 2 aromatic rings. The summed E-state index contributed by atoms with van der Waals surface area (Å²) in [7, 11) is 0. The second-order valence-electron chi connectivity index (χ2n) is 14.4. The predicted molar refractivity (Wildman–Crippen MR) is 201 cm³/mol. The van der Waals surface area contributed by atoms with E-state index in [-0.39, 0.29) is 62.5 Å². The lowest BCUT2D eigenvalue weighted by Gasteiger charge is -2.38. The minimum atomic E-state index is -1.40. The van der Waals surface area contributed by atoms with E-state index in [0.717, 1.165) is 24.0 Å². The molecule has 13 heteroatoms. The van der Waals surface area contributed by atoms with Crippen LogP contribution in [0.15, 0.2) is 60.7 Å². The van der Waals surface area contributed by atoms with E-state index < -0.39 is 41.4 Å². The molecule has 4 amide bonds. The Morgan fingerprint density at radius 3 is 2.00 bits per heavy atom. The van der Waals surface area contributed by atoms with Crippen molar-refractivity contribution in [1.82, 2.24) is 26.2 Å². The van der Waals surface area contributed by atoms with Crippen LogP contribution in [0.2, 0.25) is 0 Å². The first-order valence-electron chi connectivity index (χ1n) is 18.5. The quantitative estimate of drug-likeness (QED) is 0.0940. The maximum absolute atomic E-state index is 13.9. The molecule has 0 spiro atoms. The van der Waals surface area contributed by atoms with Gasteiger partial charge in [-0.15, -0.1) is 0 Å². The van der Waals surface area contributed by atoms with Crippen molar-refractivity contribution in [3.63, 3.8) is 0 Å². The Kier molecular flexibility index (Phi) is 17.2. The van der Waals surface area contributed by atoms with Gasteiger partial charge in [0.1, 0.15) is 23.7 Å². The molecule has 0 aromatic heterocycles. The number of amides is 4. The minimum absolute atomic E-state index is 0.00778. The highest BCUT2D eigenvalue weighted by atomic mass is 16.4. The molecule has 52 heavy (non-hydrogen) atoms. The fourth-order valence-corrected chi connectivity index (χ4v) is 6.34. The molecule has 0 saturated carbocycles. The maximum atomic E-state index is 13.9. The lowest BCUT2D eigenvalue weighted by atomic mass is 9.88. The zero-order valence-corrected chi connectivity index (χ0v) is 30.9. The van der Waals surface area contributed by atoms with E-state index in [0.29, 0.717) is 32.4 Å². The Bertz CT molecular complexity index is 1430. The van der Waals surface area contributed by atoms with Gasteiger partial charge in [-0.25, -0.2) is 0 Å². The van der Waals surface area contributed by atoms with Gasteiger partial charge in [-0.05, 0) is 61.6 Å². The van der Waals surface area contributed by atoms with E-state index >= 15 is 0 Å². The lowest BCUT2D eigenvalue weighted by Crippen LogP contribution is -2.60. The smallest absolute Gasteiger partial charge is 0.323 e. The third-order valence-electron chi connectivity index (χ3n) is 9.58. The van der Waals surface area contributed by atoms with Gasteiger partial charge in [0.2, 0.25) is 23.6 Å². The van der Waals surface area contributed by atoms with Crippen molar-refractivity contribution in [2.75, 3.05) is 32.7 Å². The number of carbonyl (C=O) groups excluding carboxylic acids is 4. The molecule has 0 unspecified atom stereocenters. The number of hydrogen-bond donors (Lipinski definition) is 7. The summed E-state index contributed by atoms with van der Waals surface area (Å²) in [6, 6.07) is 16.5. The summed E-state index contributed by atoms with van der Waals surface area (Å²) in [5.41, 5.74) is 12.3. The average molecular weight is 722 g/mol. The van der Waals surface area contributed by atoms with Crippen molar-refractivity contribution >= 4 is 29.6 Å². The molecule has 0 bridgehead atoms. The minimum Gasteiger partial charge on any atom is -0.480 e. The zero-order chi connectivity index (χ0) is 38.1. The van der Waals surface area contributed by atoms with Crippen molar-refractivity contribution in [1.29, 1.82) is 0 Å². The predicted octanol–water partition coefficient (Wildman–Crippen LogP) is 2.05. The van der Waals surface area contributed by atoms with Gasteiger partial charge in [0.15, 0.2) is 0 Å². The van der Waals surface area contributed by atoms with Crippen LogP contribution in [0.1, 0.15) is 82.8 Å². The van der Waals surface area contributed by atoms with Crippen LogP contribution in [0.25, 0.3) is 0 Å². The Hall–Kier alpha value is -4.33. The number of nitrogens with one attached hydrogen (secondary N) is 4. The highest BCUT2D eigenvalue weighted by Crippen LogP contribution is 2.22. The van der Waals surface area contributed by atoms with Crippen LogP contribution in [-0.4, -0.2) is 96.0 Å². The number of rotatable bonds is 21. The van der Waals surface area contributed by atoms with Gasteiger partial charge in [0.05, 0.1) is 6.54 Å². The van der Waals surface area contributed by atoms with Gasteiger partial charge in [0, 0.05) is 26.1 Å². The van der Waals surface area contributed by atoms with Crippen molar-refractivity contribution in [2.24, 2.45) is 17.4 Å². The first-order valence-corrected chi connectivity index (χ1v) is 18.5. The third kappa shape index (κ3) is 13.7. The van der Waals surface area contributed by atoms with Crippen LogP contribution >= 0.6 is 0 Å². The van der Waals surface area contributed by atoms with E-state index in [1.807, 2.05) is 74.5 Å². The first-order chi connectivity index (χ1) is 24.8. The Balaban J connectivity index is 1.72. The lowest BCUT2D eigenvalue weighted by molar-refractivity contribution is -0.148. The summed E-state index contributed by atoms with van der Waals surface area (Å²) >= 11 is 0. The number of unbranched alkanes of at least 4 members (excludes halogenated alkanes) is 2. The SMILES string of the molecule is CC(C)C[C@@H](NC(=O)[C@@H](Cc1ccccc1)NC(=O)CNC[C@H](C)c1ccccc1)C(=O)N[C@H](CCCCCN)C(=O)N1CCC(N)(C(=O)O)CC1. The van der Waals surface area contributed by atoms with Gasteiger partial charge in [-0.2, -0.15) is 0 Å². The largest absolute Gasteiger partial charge is 0.480 e. The highest BCUT2D eigenvalue weighted by molar-refractivity contribution is 5.94. The molecule has 0 aliphatic carbocycles. The molecule has 1 aliphatic rings. The second-order valence-corrected chi connectivity index (χ2v) is 14.4. The molecule has 1 fully saturated rings. The fraction of sp³-hybridized carbons (Fsp3) is 0.564. The summed E-state index contributed by atoms with van der Waals surface area (Å²) in [4.78, 5) is 67.9. The molecule has 1 saturated heterocycles. The van der Waals surface area contributed by atoms with Gasteiger partial charge in [-0.1, -0.05) is 94.3 Å². The molecule has 2 aromatic carbocycles. The summed E-state index contributed by atoms with van der Waals surface area (Å²) in [6.07, 6.45) is 3.26. The van der Waals surface area contributed by atoms with Crippen LogP contribution in [0, 0.1) is 5.92 Å². The van der Waals surface area contributed by atoms with Crippen LogP contribution in [-0.2, 0) is 30.4 Å². The summed E-state index contributed by atoms with van der Waals surface area (Å²) in [5.74, 6) is -2.58. The molecule has 1 heterocycles. The summed E-state index contributed by atoms with van der Waals surface area (Å²) in [6.45, 7) is 7.34. The first kappa shape index (κ1) is 42.1. The normalized spacial score (nSPS) is 16.3. The van der Waals surface area contributed by atoms with E-state index in [1.54, 1.807) is 4.90 Å². The number of nitrogens with zero attached hydrogens (tertiary/aromatic N) is 1. The number of piperidine rings is 1. The molecule has 9 N–H and O–H groups in total. The summed E-state index contributed by atoms with van der Waals surface area (Å²) in [5, 5.41) is 21.4. The molecular formula is C39H59N7O6. The molecule has 1 aliphatic heterocycles. The number of carboxylic acid groups (broad SMARTS) is 1. The highest BCUT2D eigenvalue weighted by Gasteiger charge is 2.40. The Morgan fingerprint density at radius 2 is 1.40 bits per heavy atom. The van der Waals surface area contributed by atoms with E-state index in [1.165, 1.54) is 0 Å². The monoisotopic (exact) mass is 721 g/mol. The molecule has 286 valence electrons. The molecule has 4 atom stereocenters. The topological polar surface area (TPSA) is 209 Å². The van der Waals surface area contributed by atoms with Gasteiger partial charge in [0.25, 0.3) is 0 Å². The molecule has 13 nitrogen and oxygen atoms in total. The summed E-state index contributed by atoms with van der Waals surface area (Å²) < 4.78 is 0.